The van der Waals surface area contributed by atoms with Gasteiger partial charge in [0.2, 0.25) is 0 Å². The number of fused-ring (bicyclic) bond motifs is 1. The molecular weight excluding hydrogens is 193 g/mol. The second-order valence-electron chi connectivity index (χ2n) is 3.01. The van der Waals surface area contributed by atoms with Gasteiger partial charge in [-0.3, -0.25) is 0 Å². The van der Waals surface area contributed by atoms with Gasteiger partial charge in [0.25, 0.3) is 0 Å². The summed E-state index contributed by atoms with van der Waals surface area (Å²) in [6.07, 6.45) is -3.38. The molecule has 74 valence electrons. The Morgan fingerprint density at radius 3 is 2.57 bits per heavy atom. The van der Waals surface area contributed by atoms with Crippen molar-refractivity contribution in [3.05, 3.63) is 30.0 Å². The number of H-pyrrole nitrogens is 1. The molecule has 1 heterocycles. The summed E-state index contributed by atoms with van der Waals surface area (Å²) in [6, 6.07) is 4.29. The van der Waals surface area contributed by atoms with E-state index in [0.29, 0.717) is 11.2 Å². The number of nitrogens with two attached hydrogens (primary N) is 1. The molecule has 0 radical (unpaired) electrons. The average molecular weight is 200 g/mol. The van der Waals surface area contributed by atoms with Crippen LogP contribution in [0.5, 0.6) is 0 Å². The van der Waals surface area contributed by atoms with Crippen molar-refractivity contribution in [2.24, 2.45) is 0 Å². The van der Waals surface area contributed by atoms with Crippen molar-refractivity contribution >= 4 is 16.6 Å². The van der Waals surface area contributed by atoms with Crippen molar-refractivity contribution in [2.75, 3.05) is 5.73 Å². The lowest BCUT2D eigenvalue weighted by atomic mass is 10.1. The highest BCUT2D eigenvalue weighted by molar-refractivity contribution is 5.86. The van der Waals surface area contributed by atoms with Gasteiger partial charge in [-0.2, -0.15) is 13.2 Å². The van der Waals surface area contributed by atoms with Crippen LogP contribution in [0.3, 0.4) is 0 Å². The summed E-state index contributed by atoms with van der Waals surface area (Å²) in [4.78, 5) is 2.54. The number of anilines is 1. The minimum atomic E-state index is -4.33. The summed E-state index contributed by atoms with van der Waals surface area (Å²) in [7, 11) is 0. The topological polar surface area (TPSA) is 41.8 Å². The molecule has 0 aliphatic carbocycles. The normalized spacial score (nSPS) is 12.2. The van der Waals surface area contributed by atoms with Crippen LogP contribution >= 0.6 is 0 Å². The molecule has 2 aromatic rings. The molecule has 0 aliphatic rings. The molecule has 0 fully saturated rings. The Kier molecular flexibility index (Phi) is 1.70. The van der Waals surface area contributed by atoms with Crippen LogP contribution in [0.2, 0.25) is 0 Å². The van der Waals surface area contributed by atoms with E-state index in [2.05, 4.69) is 4.98 Å². The number of aromatic amines is 1. The van der Waals surface area contributed by atoms with E-state index in [1.165, 1.54) is 18.2 Å². The lowest BCUT2D eigenvalue weighted by Gasteiger charge is -2.03. The van der Waals surface area contributed by atoms with E-state index < -0.39 is 11.7 Å². The molecule has 14 heavy (non-hydrogen) atoms. The molecule has 0 saturated carbocycles. The molecule has 0 unspecified atom stereocenters. The minimum absolute atomic E-state index is 0.145. The van der Waals surface area contributed by atoms with Crippen molar-refractivity contribution in [1.29, 1.82) is 0 Å². The third kappa shape index (κ3) is 1.30. The predicted molar refractivity (Wildman–Crippen MR) is 47.7 cm³/mol. The molecule has 0 bridgehead atoms. The Hall–Kier alpha value is -1.65. The van der Waals surface area contributed by atoms with E-state index in [9.17, 15) is 13.2 Å². The van der Waals surface area contributed by atoms with Crippen LogP contribution in [0.25, 0.3) is 10.9 Å². The Morgan fingerprint density at radius 1 is 1.21 bits per heavy atom. The molecule has 2 rings (SSSR count). The third-order valence-electron chi connectivity index (χ3n) is 2.01. The summed E-state index contributed by atoms with van der Waals surface area (Å²) >= 11 is 0. The highest BCUT2D eigenvalue weighted by Crippen LogP contribution is 2.35. The molecule has 2 nitrogen and oxygen atoms in total. The van der Waals surface area contributed by atoms with Crippen LogP contribution in [-0.2, 0) is 6.18 Å². The number of nitrogens with one attached hydrogen (secondary N) is 1. The zero-order chi connectivity index (χ0) is 10.3. The largest absolute Gasteiger partial charge is 0.418 e. The van der Waals surface area contributed by atoms with Crippen molar-refractivity contribution in [2.45, 2.75) is 6.18 Å². The SMILES string of the molecule is Nc1ccc2c(C(F)(F)F)c[nH]c2c1. The molecule has 1 aromatic heterocycles. The first kappa shape index (κ1) is 8.93. The Bertz CT molecular complexity index is 470. The maximum atomic E-state index is 12.4. The van der Waals surface area contributed by atoms with Gasteiger partial charge >= 0.3 is 6.18 Å². The molecule has 0 spiro atoms. The first-order valence-electron chi connectivity index (χ1n) is 3.92. The molecule has 0 saturated heterocycles. The molecular formula is C9H7F3N2. The molecule has 0 atom stereocenters. The quantitative estimate of drug-likeness (QED) is 0.631. The summed E-state index contributed by atoms with van der Waals surface area (Å²) in [5, 5.41) is 0.145. The van der Waals surface area contributed by atoms with Gasteiger partial charge in [-0.1, -0.05) is 6.07 Å². The van der Waals surface area contributed by atoms with Crippen LogP contribution in [0, 0.1) is 0 Å². The number of aromatic nitrogens is 1. The summed E-state index contributed by atoms with van der Waals surface area (Å²) < 4.78 is 37.2. The van der Waals surface area contributed by atoms with Gasteiger partial charge in [0.1, 0.15) is 0 Å². The van der Waals surface area contributed by atoms with Crippen molar-refractivity contribution in [3.8, 4) is 0 Å². The number of rotatable bonds is 0. The fourth-order valence-electron chi connectivity index (χ4n) is 1.38. The monoisotopic (exact) mass is 200 g/mol. The fourth-order valence-corrected chi connectivity index (χ4v) is 1.38. The van der Waals surface area contributed by atoms with Crippen LogP contribution in [0.1, 0.15) is 5.56 Å². The van der Waals surface area contributed by atoms with Crippen LogP contribution in [-0.4, -0.2) is 4.98 Å². The predicted octanol–water partition coefficient (Wildman–Crippen LogP) is 2.77. The lowest BCUT2D eigenvalue weighted by Crippen LogP contribution is -2.03. The maximum Gasteiger partial charge on any atom is 0.418 e. The van der Waals surface area contributed by atoms with Crippen molar-refractivity contribution < 1.29 is 13.2 Å². The summed E-state index contributed by atoms with van der Waals surface area (Å²) in [5.74, 6) is 0. The Balaban J connectivity index is 2.70. The summed E-state index contributed by atoms with van der Waals surface area (Å²) in [6.45, 7) is 0. The number of benzene rings is 1. The maximum absolute atomic E-state index is 12.4. The lowest BCUT2D eigenvalue weighted by molar-refractivity contribution is -0.136. The van der Waals surface area contributed by atoms with Gasteiger partial charge in [-0.15, -0.1) is 0 Å². The zero-order valence-electron chi connectivity index (χ0n) is 7.02. The minimum Gasteiger partial charge on any atom is -0.399 e. The highest BCUT2D eigenvalue weighted by Gasteiger charge is 2.33. The van der Waals surface area contributed by atoms with Gasteiger partial charge in [0.05, 0.1) is 5.56 Å². The van der Waals surface area contributed by atoms with Crippen molar-refractivity contribution in [1.82, 2.24) is 4.98 Å². The van der Waals surface area contributed by atoms with Gasteiger partial charge in [-0.25, -0.2) is 0 Å². The Morgan fingerprint density at radius 2 is 1.93 bits per heavy atom. The smallest absolute Gasteiger partial charge is 0.399 e. The number of alkyl halides is 3. The van der Waals surface area contributed by atoms with Crippen LogP contribution < -0.4 is 5.73 Å². The molecule has 5 heteroatoms. The number of hydrogen-bond donors (Lipinski definition) is 2. The van der Waals surface area contributed by atoms with E-state index in [4.69, 9.17) is 5.73 Å². The first-order valence-corrected chi connectivity index (χ1v) is 3.92. The van der Waals surface area contributed by atoms with Gasteiger partial charge in [-0.05, 0) is 12.1 Å². The van der Waals surface area contributed by atoms with E-state index in [1.807, 2.05) is 0 Å². The second kappa shape index (κ2) is 2.67. The van der Waals surface area contributed by atoms with E-state index in [-0.39, 0.29) is 5.39 Å². The van der Waals surface area contributed by atoms with E-state index in [0.717, 1.165) is 6.20 Å². The standard InChI is InChI=1S/C9H7F3N2/c10-9(11,12)7-4-14-8-3-5(13)1-2-6(7)8/h1-4,14H,13H2. The fraction of sp³-hybridized carbons (Fsp3) is 0.111. The molecule has 0 aliphatic heterocycles. The van der Waals surface area contributed by atoms with Gasteiger partial charge in [0.15, 0.2) is 0 Å². The van der Waals surface area contributed by atoms with Gasteiger partial charge in [0, 0.05) is 22.8 Å². The number of hydrogen-bond acceptors (Lipinski definition) is 1. The third-order valence-corrected chi connectivity index (χ3v) is 2.01. The Labute approximate surface area is 77.5 Å². The number of halogens is 3. The molecule has 3 N–H and O–H groups in total. The second-order valence-corrected chi connectivity index (χ2v) is 3.01. The average Bonchev–Trinajstić information content (AvgIpc) is 2.45. The summed E-state index contributed by atoms with van der Waals surface area (Å²) in [5.41, 5.74) is 5.62. The number of nitrogen functional groups attached to an aromatic ring is 1. The van der Waals surface area contributed by atoms with Gasteiger partial charge < -0.3 is 10.7 Å². The van der Waals surface area contributed by atoms with E-state index in [1.54, 1.807) is 0 Å². The van der Waals surface area contributed by atoms with E-state index >= 15 is 0 Å². The van der Waals surface area contributed by atoms with Crippen molar-refractivity contribution in [3.63, 3.8) is 0 Å². The molecule has 0 amide bonds. The van der Waals surface area contributed by atoms with Crippen LogP contribution in [0.4, 0.5) is 18.9 Å². The highest BCUT2D eigenvalue weighted by atomic mass is 19.4. The molecule has 1 aromatic carbocycles. The zero-order valence-corrected chi connectivity index (χ0v) is 7.02. The van der Waals surface area contributed by atoms with Crippen LogP contribution in [0.15, 0.2) is 24.4 Å². The first-order chi connectivity index (χ1) is 6.48.